The number of nitrogens with one attached hydrogen (secondary N) is 1. The highest BCUT2D eigenvalue weighted by molar-refractivity contribution is 6.07. The molecule has 1 heterocycles. The van der Waals surface area contributed by atoms with E-state index in [9.17, 15) is 14.4 Å². The Kier molecular flexibility index (Phi) is 5.26. The minimum Gasteiger partial charge on any atom is -0.366 e. The minimum absolute atomic E-state index is 0.0845. The summed E-state index contributed by atoms with van der Waals surface area (Å²) in [4.78, 5) is 38.4. The molecule has 1 aliphatic heterocycles. The van der Waals surface area contributed by atoms with Crippen LogP contribution in [0.25, 0.3) is 0 Å². The predicted octanol–water partition coefficient (Wildman–Crippen LogP) is 2.65. The first kappa shape index (κ1) is 18.6. The van der Waals surface area contributed by atoms with Crippen molar-refractivity contribution in [2.24, 2.45) is 11.7 Å². The molecule has 1 aliphatic rings. The standard InChI is InChI=1S/C21H23N3O3/c1-3-14-7-9-16(10-8-14)24-12-15(11-18(24)25)21(27)23-17-6-4-5-13(2)19(17)20(22)26/h4-10,15H,3,11-12H2,1-2H3,(H2,22,26)(H,23,27). The fourth-order valence-corrected chi connectivity index (χ4v) is 3.38. The zero-order valence-corrected chi connectivity index (χ0v) is 15.5. The summed E-state index contributed by atoms with van der Waals surface area (Å²) < 4.78 is 0. The van der Waals surface area contributed by atoms with Gasteiger partial charge in [0.15, 0.2) is 0 Å². The van der Waals surface area contributed by atoms with E-state index >= 15 is 0 Å². The smallest absolute Gasteiger partial charge is 0.251 e. The van der Waals surface area contributed by atoms with E-state index in [1.54, 1.807) is 30.0 Å². The number of aryl methyl sites for hydroxylation is 2. The minimum atomic E-state index is -0.594. The first-order valence-corrected chi connectivity index (χ1v) is 9.00. The highest BCUT2D eigenvalue weighted by Gasteiger charge is 2.35. The van der Waals surface area contributed by atoms with Gasteiger partial charge in [0.1, 0.15) is 0 Å². The van der Waals surface area contributed by atoms with Crippen molar-refractivity contribution in [2.75, 3.05) is 16.8 Å². The van der Waals surface area contributed by atoms with E-state index in [1.165, 1.54) is 5.56 Å². The summed E-state index contributed by atoms with van der Waals surface area (Å²) in [6, 6.07) is 12.9. The molecule has 0 bridgehead atoms. The molecule has 3 rings (SSSR count). The molecule has 1 fully saturated rings. The zero-order chi connectivity index (χ0) is 19.6. The number of carbonyl (C=O) groups excluding carboxylic acids is 3. The number of carbonyl (C=O) groups is 3. The Balaban J connectivity index is 1.74. The second kappa shape index (κ2) is 7.61. The Hall–Kier alpha value is -3.15. The largest absolute Gasteiger partial charge is 0.366 e. The van der Waals surface area contributed by atoms with Gasteiger partial charge in [-0.15, -0.1) is 0 Å². The van der Waals surface area contributed by atoms with Crippen molar-refractivity contribution in [3.05, 3.63) is 59.2 Å². The molecule has 6 nitrogen and oxygen atoms in total. The van der Waals surface area contributed by atoms with Gasteiger partial charge in [0.2, 0.25) is 11.8 Å². The Morgan fingerprint density at radius 2 is 1.89 bits per heavy atom. The number of anilines is 2. The third-order valence-electron chi connectivity index (χ3n) is 4.93. The molecule has 0 saturated carbocycles. The quantitative estimate of drug-likeness (QED) is 0.853. The summed E-state index contributed by atoms with van der Waals surface area (Å²) in [6.07, 6.45) is 1.07. The maximum atomic E-state index is 12.7. The van der Waals surface area contributed by atoms with Crippen molar-refractivity contribution in [3.63, 3.8) is 0 Å². The summed E-state index contributed by atoms with van der Waals surface area (Å²) in [5.74, 6) is -1.45. The van der Waals surface area contributed by atoms with Crippen LogP contribution in [0.1, 0.15) is 34.8 Å². The maximum Gasteiger partial charge on any atom is 0.251 e. The summed E-state index contributed by atoms with van der Waals surface area (Å²) in [5.41, 5.74) is 8.79. The van der Waals surface area contributed by atoms with Crippen molar-refractivity contribution in [1.29, 1.82) is 0 Å². The fraction of sp³-hybridized carbons (Fsp3) is 0.286. The van der Waals surface area contributed by atoms with Gasteiger partial charge in [0, 0.05) is 18.7 Å². The number of amides is 3. The molecular formula is C21H23N3O3. The topological polar surface area (TPSA) is 92.5 Å². The lowest BCUT2D eigenvalue weighted by Crippen LogP contribution is -2.29. The fourth-order valence-electron chi connectivity index (χ4n) is 3.38. The van der Waals surface area contributed by atoms with Gasteiger partial charge < -0.3 is 16.0 Å². The number of primary amides is 1. The molecule has 2 aromatic carbocycles. The van der Waals surface area contributed by atoms with E-state index < -0.39 is 11.8 Å². The Morgan fingerprint density at radius 3 is 2.52 bits per heavy atom. The van der Waals surface area contributed by atoms with Crippen LogP contribution in [0.5, 0.6) is 0 Å². The Labute approximate surface area is 158 Å². The first-order valence-electron chi connectivity index (χ1n) is 9.00. The van der Waals surface area contributed by atoms with Gasteiger partial charge in [-0.05, 0) is 42.7 Å². The summed E-state index contributed by atoms with van der Waals surface area (Å²) >= 11 is 0. The van der Waals surface area contributed by atoms with Crippen molar-refractivity contribution in [2.45, 2.75) is 26.7 Å². The van der Waals surface area contributed by atoms with Crippen LogP contribution >= 0.6 is 0 Å². The average Bonchev–Trinajstić information content (AvgIpc) is 3.03. The second-order valence-corrected chi connectivity index (χ2v) is 6.78. The molecule has 1 atom stereocenters. The summed E-state index contributed by atoms with van der Waals surface area (Å²) in [6.45, 7) is 4.15. The zero-order valence-electron chi connectivity index (χ0n) is 15.5. The van der Waals surface area contributed by atoms with Crippen LogP contribution in [0.15, 0.2) is 42.5 Å². The van der Waals surface area contributed by atoms with Crippen LogP contribution in [-0.4, -0.2) is 24.3 Å². The second-order valence-electron chi connectivity index (χ2n) is 6.78. The van der Waals surface area contributed by atoms with Crippen molar-refractivity contribution < 1.29 is 14.4 Å². The van der Waals surface area contributed by atoms with Gasteiger partial charge in [-0.1, -0.05) is 31.2 Å². The van der Waals surface area contributed by atoms with Crippen LogP contribution in [0.4, 0.5) is 11.4 Å². The lowest BCUT2D eigenvalue weighted by atomic mass is 10.0. The van der Waals surface area contributed by atoms with Gasteiger partial charge in [0.05, 0.1) is 17.2 Å². The third-order valence-corrected chi connectivity index (χ3v) is 4.93. The van der Waals surface area contributed by atoms with Crippen LogP contribution < -0.4 is 16.0 Å². The molecule has 1 unspecified atom stereocenters. The van der Waals surface area contributed by atoms with E-state index in [1.807, 2.05) is 24.3 Å². The Bertz CT molecular complexity index is 890. The van der Waals surface area contributed by atoms with Crippen LogP contribution in [0.3, 0.4) is 0 Å². The highest BCUT2D eigenvalue weighted by Crippen LogP contribution is 2.27. The molecule has 0 aromatic heterocycles. The van der Waals surface area contributed by atoms with Crippen LogP contribution in [0.2, 0.25) is 0 Å². The molecule has 0 spiro atoms. The predicted molar refractivity (Wildman–Crippen MR) is 105 cm³/mol. The van der Waals surface area contributed by atoms with E-state index in [2.05, 4.69) is 12.2 Å². The molecule has 0 aliphatic carbocycles. The van der Waals surface area contributed by atoms with Crippen LogP contribution in [-0.2, 0) is 16.0 Å². The van der Waals surface area contributed by atoms with Gasteiger partial charge in [-0.2, -0.15) is 0 Å². The monoisotopic (exact) mass is 365 g/mol. The number of hydrogen-bond donors (Lipinski definition) is 2. The lowest BCUT2D eigenvalue weighted by Gasteiger charge is -2.17. The van der Waals surface area contributed by atoms with E-state index in [0.717, 1.165) is 12.1 Å². The SMILES string of the molecule is CCc1ccc(N2CC(C(=O)Nc3cccc(C)c3C(N)=O)CC2=O)cc1. The molecule has 27 heavy (non-hydrogen) atoms. The normalized spacial score (nSPS) is 16.4. The summed E-state index contributed by atoms with van der Waals surface area (Å²) in [7, 11) is 0. The molecule has 3 amide bonds. The molecule has 2 aromatic rings. The number of rotatable bonds is 5. The van der Waals surface area contributed by atoms with Crippen LogP contribution in [0, 0.1) is 12.8 Å². The number of benzene rings is 2. The van der Waals surface area contributed by atoms with E-state index in [4.69, 9.17) is 5.73 Å². The van der Waals surface area contributed by atoms with Gasteiger partial charge >= 0.3 is 0 Å². The molecule has 3 N–H and O–H groups in total. The van der Waals surface area contributed by atoms with E-state index in [-0.39, 0.29) is 18.2 Å². The average molecular weight is 365 g/mol. The van der Waals surface area contributed by atoms with Gasteiger partial charge in [0.25, 0.3) is 5.91 Å². The number of hydrogen-bond acceptors (Lipinski definition) is 3. The number of nitrogens with zero attached hydrogens (tertiary/aromatic N) is 1. The summed E-state index contributed by atoms with van der Waals surface area (Å²) in [5, 5.41) is 2.77. The molecule has 1 saturated heterocycles. The molecule has 6 heteroatoms. The molecule has 0 radical (unpaired) electrons. The van der Waals surface area contributed by atoms with E-state index in [0.29, 0.717) is 23.4 Å². The first-order chi connectivity index (χ1) is 12.9. The van der Waals surface area contributed by atoms with Crippen molar-refractivity contribution >= 4 is 29.1 Å². The van der Waals surface area contributed by atoms with Gasteiger partial charge in [-0.3, -0.25) is 14.4 Å². The maximum absolute atomic E-state index is 12.7. The van der Waals surface area contributed by atoms with Gasteiger partial charge in [-0.25, -0.2) is 0 Å². The lowest BCUT2D eigenvalue weighted by molar-refractivity contribution is -0.122. The van der Waals surface area contributed by atoms with Crippen molar-refractivity contribution in [3.8, 4) is 0 Å². The number of nitrogens with two attached hydrogens (primary N) is 1. The van der Waals surface area contributed by atoms with Crippen molar-refractivity contribution in [1.82, 2.24) is 0 Å². The highest BCUT2D eigenvalue weighted by atomic mass is 16.2. The Morgan fingerprint density at radius 1 is 1.19 bits per heavy atom. The molecule has 140 valence electrons. The third kappa shape index (κ3) is 3.84. The molecular weight excluding hydrogens is 342 g/mol.